The van der Waals surface area contributed by atoms with Crippen LogP contribution in [-0.2, 0) is 24.1 Å². The minimum atomic E-state index is -1.05. The first-order valence-corrected chi connectivity index (χ1v) is 10.8. The maximum atomic E-state index is 13.4. The van der Waals surface area contributed by atoms with Gasteiger partial charge in [0, 0.05) is 31.1 Å². The van der Waals surface area contributed by atoms with Gasteiger partial charge in [0.15, 0.2) is 12.4 Å². The number of amides is 1. The van der Waals surface area contributed by atoms with E-state index >= 15 is 0 Å². The fourth-order valence-corrected chi connectivity index (χ4v) is 3.11. The minimum Gasteiger partial charge on any atom is -0.368 e. The molecule has 6 atom stereocenters. The zero-order chi connectivity index (χ0) is 22.5. The number of hydrogen-bond donors (Lipinski definition) is 3. The Kier molecular flexibility index (Phi) is 13.3. The molecule has 1 amide bonds. The van der Waals surface area contributed by atoms with Crippen LogP contribution in [0.5, 0.6) is 0 Å². The molecule has 30 heavy (non-hydrogen) atoms. The van der Waals surface area contributed by atoms with Gasteiger partial charge in [0.1, 0.15) is 19.0 Å². The molecule has 10 heteroatoms. The third-order valence-corrected chi connectivity index (χ3v) is 5.31. The van der Waals surface area contributed by atoms with E-state index in [1.54, 1.807) is 0 Å². The standard InChI is InChI=1S/C14H24ClFN2O2.C6H11NO3/c1-9(17-3)6-10(2)18-14(19)8-20-11-4-5-12(15)13(16)7-11;1-2-6-7-3-5(4-8)9-10-6/h9,11-13,17H,2,4-8H2,1,3H3,(H,18,19);4-7H,2-3H2,1H3. The molecule has 6 unspecified atom stereocenters. The van der Waals surface area contributed by atoms with Crippen LogP contribution in [0.1, 0.15) is 46.0 Å². The van der Waals surface area contributed by atoms with Crippen LogP contribution < -0.4 is 16.0 Å². The largest absolute Gasteiger partial charge is 0.368 e. The number of halogens is 2. The summed E-state index contributed by atoms with van der Waals surface area (Å²) in [6.07, 6.45) is 1.98. The lowest BCUT2D eigenvalue weighted by atomic mass is 9.95. The van der Waals surface area contributed by atoms with Crippen molar-refractivity contribution < 1.29 is 28.5 Å². The van der Waals surface area contributed by atoms with E-state index in [1.807, 2.05) is 20.9 Å². The summed E-state index contributed by atoms with van der Waals surface area (Å²) in [6, 6.07) is 0.245. The van der Waals surface area contributed by atoms with Gasteiger partial charge in [-0.1, -0.05) is 13.5 Å². The first-order valence-electron chi connectivity index (χ1n) is 10.3. The Labute approximate surface area is 183 Å². The highest BCUT2D eigenvalue weighted by Crippen LogP contribution is 2.27. The highest BCUT2D eigenvalue weighted by atomic mass is 35.5. The number of rotatable bonds is 9. The highest BCUT2D eigenvalue weighted by Gasteiger charge is 2.29. The summed E-state index contributed by atoms with van der Waals surface area (Å²) in [5.41, 5.74) is 0.647. The van der Waals surface area contributed by atoms with Crippen molar-refractivity contribution in [3.63, 3.8) is 0 Å². The molecular weight excluding hydrogens is 417 g/mol. The second-order valence-corrected chi connectivity index (χ2v) is 8.06. The van der Waals surface area contributed by atoms with Crippen LogP contribution in [-0.4, -0.2) is 68.4 Å². The summed E-state index contributed by atoms with van der Waals surface area (Å²) in [5.74, 6) is -0.248. The van der Waals surface area contributed by atoms with Gasteiger partial charge in [-0.15, -0.1) is 11.6 Å². The molecule has 1 heterocycles. The van der Waals surface area contributed by atoms with Crippen LogP contribution in [0.3, 0.4) is 0 Å². The Balaban J connectivity index is 0.000000375. The molecule has 0 aromatic carbocycles. The van der Waals surface area contributed by atoms with Gasteiger partial charge in [0.05, 0.1) is 11.5 Å². The maximum absolute atomic E-state index is 13.4. The third-order valence-electron chi connectivity index (χ3n) is 4.82. The van der Waals surface area contributed by atoms with Crippen LogP contribution in [0.15, 0.2) is 12.3 Å². The van der Waals surface area contributed by atoms with Crippen molar-refractivity contribution in [1.29, 1.82) is 0 Å². The fourth-order valence-electron chi connectivity index (χ4n) is 2.88. The lowest BCUT2D eigenvalue weighted by molar-refractivity contribution is -0.366. The van der Waals surface area contributed by atoms with E-state index in [0.717, 1.165) is 12.7 Å². The molecule has 1 saturated carbocycles. The fraction of sp³-hybridized carbons (Fsp3) is 0.800. The second-order valence-electron chi connectivity index (χ2n) is 7.50. The number of carbonyl (C=O) groups excluding carboxylic acids is 2. The Hall–Kier alpha value is -1.10. The summed E-state index contributed by atoms with van der Waals surface area (Å²) in [4.78, 5) is 31.3. The number of nitrogens with one attached hydrogen (secondary N) is 3. The van der Waals surface area contributed by atoms with Crippen molar-refractivity contribution in [3.05, 3.63) is 12.3 Å². The van der Waals surface area contributed by atoms with E-state index in [0.29, 0.717) is 31.5 Å². The third kappa shape index (κ3) is 10.8. The summed E-state index contributed by atoms with van der Waals surface area (Å²) in [5, 5.41) is 8.32. The van der Waals surface area contributed by atoms with Gasteiger partial charge in [-0.2, -0.15) is 0 Å². The molecule has 0 aromatic rings. The Bertz CT molecular complexity index is 535. The molecule has 8 nitrogen and oxygen atoms in total. The normalized spacial score (nSPS) is 29.8. The molecule has 2 aliphatic rings. The molecule has 174 valence electrons. The zero-order valence-electron chi connectivity index (χ0n) is 18.0. The van der Waals surface area contributed by atoms with Crippen molar-refractivity contribution in [1.82, 2.24) is 16.0 Å². The van der Waals surface area contributed by atoms with Crippen LogP contribution in [0.25, 0.3) is 0 Å². The number of hydrogen-bond acceptors (Lipinski definition) is 7. The van der Waals surface area contributed by atoms with E-state index in [4.69, 9.17) is 26.1 Å². The zero-order valence-corrected chi connectivity index (χ0v) is 18.8. The van der Waals surface area contributed by atoms with Crippen molar-refractivity contribution in [2.45, 2.75) is 82.0 Å². The number of alkyl halides is 2. The molecule has 3 N–H and O–H groups in total. The van der Waals surface area contributed by atoms with E-state index in [9.17, 15) is 14.0 Å². The summed E-state index contributed by atoms with van der Waals surface area (Å²) in [6.45, 7) is 8.24. The number of aldehydes is 1. The molecular formula is C20H35ClFN3O5. The van der Waals surface area contributed by atoms with Crippen LogP contribution in [0, 0.1) is 0 Å². The Morgan fingerprint density at radius 1 is 1.43 bits per heavy atom. The van der Waals surface area contributed by atoms with Gasteiger partial charge in [-0.25, -0.2) is 14.2 Å². The second kappa shape index (κ2) is 14.8. The van der Waals surface area contributed by atoms with Gasteiger partial charge in [0.2, 0.25) is 5.91 Å². The van der Waals surface area contributed by atoms with Gasteiger partial charge in [-0.3, -0.25) is 10.1 Å². The van der Waals surface area contributed by atoms with Crippen LogP contribution in [0.2, 0.25) is 0 Å². The molecule has 0 aromatic heterocycles. The summed E-state index contributed by atoms with van der Waals surface area (Å²) in [7, 11) is 1.85. The van der Waals surface area contributed by atoms with Crippen molar-refractivity contribution in [3.8, 4) is 0 Å². The molecule has 0 radical (unpaired) electrons. The van der Waals surface area contributed by atoms with Crippen molar-refractivity contribution in [2.24, 2.45) is 0 Å². The first kappa shape index (κ1) is 26.9. The lowest BCUT2D eigenvalue weighted by Crippen LogP contribution is -2.45. The highest BCUT2D eigenvalue weighted by molar-refractivity contribution is 6.21. The average molecular weight is 452 g/mol. The Morgan fingerprint density at radius 2 is 2.17 bits per heavy atom. The van der Waals surface area contributed by atoms with E-state index in [2.05, 4.69) is 22.5 Å². The predicted octanol–water partition coefficient (Wildman–Crippen LogP) is 1.97. The van der Waals surface area contributed by atoms with E-state index < -0.39 is 17.7 Å². The lowest BCUT2D eigenvalue weighted by Gasteiger charge is -2.28. The molecule has 1 aliphatic carbocycles. The molecule has 1 aliphatic heterocycles. The Morgan fingerprint density at radius 3 is 2.70 bits per heavy atom. The molecule has 2 fully saturated rings. The van der Waals surface area contributed by atoms with Crippen LogP contribution in [0.4, 0.5) is 4.39 Å². The van der Waals surface area contributed by atoms with Gasteiger partial charge in [-0.05, 0) is 33.2 Å². The predicted molar refractivity (Wildman–Crippen MR) is 113 cm³/mol. The molecule has 1 saturated heterocycles. The minimum absolute atomic E-state index is 0.0591. The van der Waals surface area contributed by atoms with Crippen molar-refractivity contribution in [2.75, 3.05) is 20.2 Å². The quantitative estimate of drug-likeness (QED) is 0.280. The van der Waals surface area contributed by atoms with E-state index in [1.165, 1.54) is 0 Å². The molecule has 0 spiro atoms. The summed E-state index contributed by atoms with van der Waals surface area (Å²) >= 11 is 5.80. The molecule has 2 rings (SSSR count). The van der Waals surface area contributed by atoms with Gasteiger partial charge >= 0.3 is 0 Å². The monoisotopic (exact) mass is 451 g/mol. The van der Waals surface area contributed by atoms with Crippen LogP contribution >= 0.6 is 11.6 Å². The number of ether oxygens (including phenoxy) is 1. The van der Waals surface area contributed by atoms with Crippen molar-refractivity contribution >= 4 is 23.8 Å². The van der Waals surface area contributed by atoms with E-state index in [-0.39, 0.29) is 37.3 Å². The summed E-state index contributed by atoms with van der Waals surface area (Å²) < 4.78 is 18.8. The van der Waals surface area contributed by atoms with Gasteiger partial charge < -0.3 is 20.2 Å². The maximum Gasteiger partial charge on any atom is 0.250 e. The topological polar surface area (TPSA) is 97.9 Å². The SMILES string of the molecule is C=C(CC(C)NC)NC(=O)COC1CCC(Cl)C(F)C1.CCC1NCC(C=O)OO1. The average Bonchev–Trinajstić information content (AvgIpc) is 2.74. The number of carbonyl (C=O) groups is 2. The molecule has 0 bridgehead atoms. The van der Waals surface area contributed by atoms with Gasteiger partial charge in [0.25, 0.3) is 0 Å². The first-order chi connectivity index (χ1) is 14.3. The smallest absolute Gasteiger partial charge is 0.250 e.